The number of nitrogens with one attached hydrogen (secondary N) is 1. The highest BCUT2D eigenvalue weighted by molar-refractivity contribution is 6.01. The third kappa shape index (κ3) is 11.7. The summed E-state index contributed by atoms with van der Waals surface area (Å²) < 4.78 is 12.3. The van der Waals surface area contributed by atoms with Gasteiger partial charge < -0.3 is 36.9 Å². The van der Waals surface area contributed by atoms with Crippen LogP contribution >= 0.6 is 0 Å². The molecule has 0 radical (unpaired) electrons. The lowest BCUT2D eigenvalue weighted by molar-refractivity contribution is -0.142. The predicted octanol–water partition coefficient (Wildman–Crippen LogP) is 6.24. The molecule has 6 rings (SSSR count). The molecule has 7 N–H and O–H groups in total. The number of carbonyl (C=O) groups is 5. The van der Waals surface area contributed by atoms with Crippen molar-refractivity contribution in [1.29, 1.82) is 5.26 Å². The van der Waals surface area contributed by atoms with Crippen LogP contribution < -0.4 is 32.0 Å². The van der Waals surface area contributed by atoms with E-state index in [1.54, 1.807) is 37.3 Å². The van der Waals surface area contributed by atoms with E-state index in [1.807, 2.05) is 37.3 Å². The highest BCUT2D eigenvalue weighted by atomic mass is 16.5. The zero-order valence-electron chi connectivity index (χ0n) is 37.7. The SMILES string of the molecule is Cc1cc(C2CC(c3ccccc3)C2)ccc1C(=O)C[C@@H](CCN)C(=O)N(C)[C@@H]1C(=O)C[C@@H](C)C(=O)N[C@H](C(=O)CCC#N)Cc2ccc(OCCN)c(c2)-c2cc1ccc2OCCN. The monoisotopic (exact) mass is 882 g/mol. The van der Waals surface area contributed by atoms with E-state index in [1.165, 1.54) is 23.1 Å². The summed E-state index contributed by atoms with van der Waals surface area (Å²) in [5, 5.41) is 12.1. The van der Waals surface area contributed by atoms with Crippen molar-refractivity contribution in [3.8, 4) is 28.7 Å². The second kappa shape index (κ2) is 22.6. The van der Waals surface area contributed by atoms with Crippen molar-refractivity contribution < 1.29 is 33.4 Å². The molecule has 4 aromatic carbocycles. The van der Waals surface area contributed by atoms with E-state index in [9.17, 15) is 29.2 Å². The van der Waals surface area contributed by atoms with Crippen LogP contribution in [0.5, 0.6) is 11.5 Å². The van der Waals surface area contributed by atoms with Crippen LogP contribution in [0.1, 0.15) is 108 Å². The lowest BCUT2D eigenvalue weighted by Gasteiger charge is -2.36. The molecule has 342 valence electrons. The maximum Gasteiger partial charge on any atom is 0.226 e. The number of benzene rings is 4. The molecule has 0 aromatic heterocycles. The van der Waals surface area contributed by atoms with Gasteiger partial charge in [-0.05, 0) is 103 Å². The van der Waals surface area contributed by atoms with Crippen molar-refractivity contribution in [3.63, 3.8) is 0 Å². The second-order valence-corrected chi connectivity index (χ2v) is 17.4. The Balaban J connectivity index is 1.34. The number of nitriles is 1. The Morgan fingerprint density at radius 1 is 0.815 bits per heavy atom. The number of hydrogen-bond donors (Lipinski definition) is 4. The van der Waals surface area contributed by atoms with Gasteiger partial charge >= 0.3 is 0 Å². The number of ether oxygens (including phenoxy) is 2. The number of Topliss-reactive ketones (excluding diaryl/α,β-unsaturated/α-hetero) is 3. The van der Waals surface area contributed by atoms with Gasteiger partial charge in [-0.15, -0.1) is 0 Å². The van der Waals surface area contributed by atoms with Gasteiger partial charge in [-0.25, -0.2) is 0 Å². The van der Waals surface area contributed by atoms with Gasteiger partial charge in [0, 0.05) is 74.3 Å². The highest BCUT2D eigenvalue weighted by Gasteiger charge is 2.37. The number of rotatable bonds is 18. The molecule has 0 spiro atoms. The van der Waals surface area contributed by atoms with Crippen LogP contribution in [-0.2, 0) is 25.6 Å². The number of amides is 2. The number of fused-ring (bicyclic) bond motifs is 5. The minimum absolute atomic E-state index is 0.0218. The molecule has 1 heterocycles. The van der Waals surface area contributed by atoms with Crippen LogP contribution in [0.3, 0.4) is 0 Å². The fourth-order valence-electron chi connectivity index (χ4n) is 9.12. The Hall–Kier alpha value is -6.20. The van der Waals surface area contributed by atoms with Crippen LogP contribution in [0.2, 0.25) is 0 Å². The van der Waals surface area contributed by atoms with Crippen LogP contribution in [0.15, 0.2) is 84.9 Å². The Labute approximate surface area is 382 Å². The molecule has 1 fully saturated rings. The molecule has 2 aliphatic rings. The topological polar surface area (TPSA) is 221 Å². The first kappa shape index (κ1) is 48.3. The summed E-state index contributed by atoms with van der Waals surface area (Å²) in [7, 11) is 1.53. The fraction of sp³-hybridized carbons (Fsp3) is 0.423. The normalized spacial score (nSPS) is 20.0. The number of hydrogen-bond acceptors (Lipinski definition) is 11. The Morgan fingerprint density at radius 3 is 2.11 bits per heavy atom. The molecule has 4 atom stereocenters. The Bertz CT molecular complexity index is 2390. The predicted molar refractivity (Wildman–Crippen MR) is 249 cm³/mol. The summed E-state index contributed by atoms with van der Waals surface area (Å²) in [6, 6.07) is 26.9. The standard InChI is InChI=1S/C52H62N6O7/c1-32-24-36(40-28-39(29-40)35-8-5-4-6-9-35)12-14-41(32)46(60)31-38(17-19-54)52(63)58(3)50-37-13-16-49(65-23-21-56)43(30-37)42-26-34(11-15-48(42)64-22-20-55)27-44(45(59)10-7-18-53)57-51(62)33(2)25-47(50)61/h4-6,8-9,11-16,24,26,30,33,38-40,44,50H,7,10,17,19-23,25,27-29,31,54-56H2,1-3H3,(H,57,62)/t33-,38-,39?,40?,44+,50+/m1/s1. The molecule has 1 saturated carbocycles. The summed E-state index contributed by atoms with van der Waals surface area (Å²) >= 11 is 0. The van der Waals surface area contributed by atoms with Gasteiger partial charge in [0.05, 0.1) is 12.1 Å². The van der Waals surface area contributed by atoms with Gasteiger partial charge in [-0.2, -0.15) is 5.26 Å². The maximum absolute atomic E-state index is 14.8. The highest BCUT2D eigenvalue weighted by Crippen LogP contribution is 2.48. The van der Waals surface area contributed by atoms with Gasteiger partial charge in [-0.1, -0.05) is 67.6 Å². The smallest absolute Gasteiger partial charge is 0.226 e. The van der Waals surface area contributed by atoms with Crippen molar-refractivity contribution in [1.82, 2.24) is 10.2 Å². The zero-order valence-corrected chi connectivity index (χ0v) is 37.7. The molecule has 4 bridgehead atoms. The van der Waals surface area contributed by atoms with E-state index in [0.29, 0.717) is 51.2 Å². The lowest BCUT2D eigenvalue weighted by Crippen LogP contribution is -2.46. The number of nitrogens with two attached hydrogens (primary N) is 3. The van der Waals surface area contributed by atoms with E-state index in [-0.39, 0.29) is 82.9 Å². The first-order valence-electron chi connectivity index (χ1n) is 22.7. The molecule has 0 unspecified atom stereocenters. The lowest BCUT2D eigenvalue weighted by atomic mass is 9.68. The molecule has 1 aliphatic heterocycles. The van der Waals surface area contributed by atoms with Crippen LogP contribution in [-0.4, -0.2) is 80.0 Å². The van der Waals surface area contributed by atoms with Gasteiger partial charge in [0.25, 0.3) is 0 Å². The number of aryl methyl sites for hydroxylation is 1. The number of carbonyl (C=O) groups excluding carboxylic acids is 5. The summed E-state index contributed by atoms with van der Waals surface area (Å²) in [4.78, 5) is 72.2. The van der Waals surface area contributed by atoms with Gasteiger partial charge in [-0.3, -0.25) is 24.0 Å². The second-order valence-electron chi connectivity index (χ2n) is 17.4. The number of likely N-dealkylation sites (N-methyl/N-ethyl adjacent to an activating group) is 1. The van der Waals surface area contributed by atoms with Gasteiger partial charge in [0.2, 0.25) is 11.8 Å². The Kier molecular flexibility index (Phi) is 16.8. The van der Waals surface area contributed by atoms with Crippen molar-refractivity contribution in [2.24, 2.45) is 29.0 Å². The van der Waals surface area contributed by atoms with E-state index < -0.39 is 41.5 Å². The van der Waals surface area contributed by atoms with Gasteiger partial charge in [0.15, 0.2) is 17.3 Å². The summed E-state index contributed by atoms with van der Waals surface area (Å²) in [5.41, 5.74) is 24.0. The van der Waals surface area contributed by atoms with Crippen LogP contribution in [0.25, 0.3) is 11.1 Å². The number of ketones is 3. The van der Waals surface area contributed by atoms with E-state index in [4.69, 9.17) is 26.7 Å². The molecular weight excluding hydrogens is 821 g/mol. The molecule has 4 aromatic rings. The summed E-state index contributed by atoms with van der Waals surface area (Å²) in [6.07, 6.45) is 1.91. The van der Waals surface area contributed by atoms with Crippen molar-refractivity contribution in [2.45, 2.75) is 89.1 Å². The molecule has 13 nitrogen and oxygen atoms in total. The third-order valence-electron chi connectivity index (χ3n) is 12.8. The number of nitrogens with zero attached hydrogens (tertiary/aromatic N) is 2. The fourth-order valence-corrected chi connectivity index (χ4v) is 9.12. The van der Waals surface area contributed by atoms with Crippen LogP contribution in [0, 0.1) is 30.1 Å². The summed E-state index contributed by atoms with van der Waals surface area (Å²) in [6.45, 7) is 4.47. The molecule has 1 aliphatic carbocycles. The van der Waals surface area contributed by atoms with Crippen LogP contribution in [0.4, 0.5) is 0 Å². The van der Waals surface area contributed by atoms with Crippen molar-refractivity contribution >= 4 is 29.2 Å². The molecule has 13 heteroatoms. The minimum atomic E-state index is -1.20. The summed E-state index contributed by atoms with van der Waals surface area (Å²) in [5.74, 6) is -1.85. The van der Waals surface area contributed by atoms with E-state index >= 15 is 0 Å². The van der Waals surface area contributed by atoms with Crippen molar-refractivity contribution in [2.75, 3.05) is 39.9 Å². The first-order valence-corrected chi connectivity index (χ1v) is 22.7. The average Bonchev–Trinajstić information content (AvgIpc) is 3.28. The van der Waals surface area contributed by atoms with Gasteiger partial charge in [0.1, 0.15) is 30.8 Å². The quantitative estimate of drug-likeness (QED) is 0.0819. The van der Waals surface area contributed by atoms with E-state index in [0.717, 1.165) is 18.4 Å². The molecule has 0 saturated heterocycles. The zero-order chi connectivity index (χ0) is 46.6. The maximum atomic E-state index is 14.8. The first-order chi connectivity index (χ1) is 31.4. The van der Waals surface area contributed by atoms with E-state index in [2.05, 4.69) is 35.6 Å². The minimum Gasteiger partial charge on any atom is -0.492 e. The molecule has 65 heavy (non-hydrogen) atoms. The molecule has 2 amide bonds. The third-order valence-corrected chi connectivity index (χ3v) is 12.8. The average molecular weight is 883 g/mol. The van der Waals surface area contributed by atoms with Crippen molar-refractivity contribution in [3.05, 3.63) is 118 Å². The molecular formula is C52H62N6O7. The largest absolute Gasteiger partial charge is 0.492 e. The Morgan fingerprint density at radius 2 is 1.46 bits per heavy atom.